The molecule has 0 bridgehead atoms. The highest BCUT2D eigenvalue weighted by Crippen LogP contribution is 2.52. The van der Waals surface area contributed by atoms with E-state index in [2.05, 4.69) is 16.5 Å². The second-order valence-corrected chi connectivity index (χ2v) is 12.7. The molecule has 0 spiro atoms. The van der Waals surface area contributed by atoms with Gasteiger partial charge in [0.05, 0.1) is 11.1 Å². The molecule has 208 valence electrons. The number of halogens is 5. The third-order valence-corrected chi connectivity index (χ3v) is 9.87. The van der Waals surface area contributed by atoms with E-state index in [9.17, 15) is 27.2 Å². The van der Waals surface area contributed by atoms with E-state index in [1.54, 1.807) is 9.80 Å². The van der Waals surface area contributed by atoms with E-state index in [-0.39, 0.29) is 70.6 Å². The highest BCUT2D eigenvalue weighted by Gasteiger charge is 2.37. The molecule has 0 saturated carbocycles. The van der Waals surface area contributed by atoms with Crippen LogP contribution in [0.1, 0.15) is 30.9 Å². The standard InChI is InChI=1S/C26H26ClF4N5O2S/c1-4-22(37)36-14(2)10-34(11-15(36)3)24-18-7-17(26(29,30)31)8-21-23(18)35(25(38)33-24)12-16(13-39(21)27)19-9-32-6-5-20(19)28/h4-9,14-16,39H,1,10-13H2,2-3H3/t14-,15+,16-/m0/s1. The molecular weight excluding hydrogens is 558 g/mol. The zero-order valence-electron chi connectivity index (χ0n) is 21.1. The number of pyridine rings is 1. The second kappa shape index (κ2) is 10.1. The molecule has 3 aromatic rings. The summed E-state index contributed by atoms with van der Waals surface area (Å²) in [5.74, 6) is -1.11. The van der Waals surface area contributed by atoms with Crippen molar-refractivity contribution in [3.05, 3.63) is 70.7 Å². The van der Waals surface area contributed by atoms with Gasteiger partial charge < -0.3 is 9.80 Å². The zero-order chi connectivity index (χ0) is 28.2. The summed E-state index contributed by atoms with van der Waals surface area (Å²) in [7, 11) is 5.06. The fourth-order valence-electron chi connectivity index (χ4n) is 5.63. The lowest BCUT2D eigenvalue weighted by molar-refractivity contribution is -0.137. The summed E-state index contributed by atoms with van der Waals surface area (Å²) in [5.41, 5.74) is -1.06. The lowest BCUT2D eigenvalue weighted by atomic mass is 10.0. The number of amides is 1. The molecule has 4 atom stereocenters. The second-order valence-electron chi connectivity index (χ2n) is 9.91. The van der Waals surface area contributed by atoms with Crippen LogP contribution in [0.15, 0.2) is 52.9 Å². The van der Waals surface area contributed by atoms with Crippen LogP contribution in [0, 0.1) is 5.82 Å². The molecule has 1 aromatic carbocycles. The molecule has 13 heteroatoms. The maximum Gasteiger partial charge on any atom is 0.416 e. The average molecular weight is 584 g/mol. The van der Waals surface area contributed by atoms with Crippen LogP contribution in [0.2, 0.25) is 0 Å². The number of hydrogen-bond acceptors (Lipinski definition) is 5. The van der Waals surface area contributed by atoms with Gasteiger partial charge in [-0.2, -0.15) is 18.2 Å². The Labute approximate surface area is 228 Å². The molecule has 1 amide bonds. The zero-order valence-corrected chi connectivity index (χ0v) is 22.8. The predicted octanol–water partition coefficient (Wildman–Crippen LogP) is 4.87. The maximum absolute atomic E-state index is 14.7. The minimum absolute atomic E-state index is 0.0104. The van der Waals surface area contributed by atoms with Crippen molar-refractivity contribution in [2.45, 2.75) is 49.5 Å². The van der Waals surface area contributed by atoms with Gasteiger partial charge in [0.1, 0.15) is 11.6 Å². The molecule has 4 heterocycles. The number of aromatic nitrogens is 3. The van der Waals surface area contributed by atoms with E-state index in [4.69, 9.17) is 10.7 Å². The number of carbonyl (C=O) groups is 1. The minimum Gasteiger partial charge on any atom is -0.352 e. The first-order valence-electron chi connectivity index (χ1n) is 12.3. The van der Waals surface area contributed by atoms with Gasteiger partial charge in [-0.25, -0.2) is 9.18 Å². The molecule has 39 heavy (non-hydrogen) atoms. The van der Waals surface area contributed by atoms with E-state index < -0.39 is 39.3 Å². The van der Waals surface area contributed by atoms with Gasteiger partial charge in [-0.05, 0) is 38.1 Å². The number of anilines is 1. The van der Waals surface area contributed by atoms with Crippen molar-refractivity contribution in [1.29, 1.82) is 0 Å². The van der Waals surface area contributed by atoms with Crippen LogP contribution in [-0.4, -0.2) is 56.3 Å². The number of alkyl halides is 3. The first-order chi connectivity index (χ1) is 18.4. The molecule has 2 aromatic heterocycles. The topological polar surface area (TPSA) is 71.3 Å². The van der Waals surface area contributed by atoms with Gasteiger partial charge in [-0.3, -0.25) is 14.3 Å². The Balaban J connectivity index is 1.71. The molecular formula is C26H26ClF4N5O2S. The number of hydrogen-bond donors (Lipinski definition) is 1. The van der Waals surface area contributed by atoms with E-state index in [1.807, 2.05) is 13.8 Å². The van der Waals surface area contributed by atoms with Crippen LogP contribution >= 0.6 is 20.8 Å². The first-order valence-corrected chi connectivity index (χ1v) is 14.7. The molecule has 1 saturated heterocycles. The number of nitrogens with zero attached hydrogens (tertiary/aromatic N) is 5. The SMILES string of the molecule is C=CC(=O)N1[C@H](C)CN(c2nc(=O)n3c4c(cc(C(F)(F)F)cc24)[SH](Cl)C[C@@H](c2cnccc2F)C3)C[C@@H]1C. The van der Waals surface area contributed by atoms with Gasteiger partial charge in [0, 0.05) is 71.6 Å². The molecule has 0 aliphatic carbocycles. The van der Waals surface area contributed by atoms with Crippen molar-refractivity contribution in [3.63, 3.8) is 0 Å². The minimum atomic E-state index is -4.67. The van der Waals surface area contributed by atoms with E-state index in [0.717, 1.165) is 12.1 Å². The smallest absolute Gasteiger partial charge is 0.352 e. The van der Waals surface area contributed by atoms with Gasteiger partial charge >= 0.3 is 11.9 Å². The number of piperazine rings is 1. The van der Waals surface area contributed by atoms with E-state index in [1.165, 1.54) is 29.1 Å². The fraction of sp³-hybridized carbons (Fsp3) is 0.385. The van der Waals surface area contributed by atoms with Crippen LogP contribution in [0.25, 0.3) is 10.9 Å². The van der Waals surface area contributed by atoms with Crippen molar-refractivity contribution >= 4 is 43.4 Å². The monoisotopic (exact) mass is 583 g/mol. The summed E-state index contributed by atoms with van der Waals surface area (Å²) in [5, 5.41) is 0.141. The summed E-state index contributed by atoms with van der Waals surface area (Å²) >= 11 is 0. The van der Waals surface area contributed by atoms with Gasteiger partial charge in [-0.15, -0.1) is 10.1 Å². The normalized spacial score (nSPS) is 24.5. The van der Waals surface area contributed by atoms with E-state index in [0.29, 0.717) is 0 Å². The molecule has 1 fully saturated rings. The summed E-state index contributed by atoms with van der Waals surface area (Å²) in [6.45, 7) is 7.67. The van der Waals surface area contributed by atoms with Gasteiger partial charge in [0.2, 0.25) is 5.91 Å². The molecule has 0 radical (unpaired) electrons. The Morgan fingerprint density at radius 3 is 2.51 bits per heavy atom. The molecule has 1 unspecified atom stereocenters. The number of rotatable bonds is 3. The molecule has 2 aliphatic heterocycles. The Morgan fingerprint density at radius 1 is 1.21 bits per heavy atom. The number of thiol groups is 1. The van der Waals surface area contributed by atoms with E-state index >= 15 is 0 Å². The summed E-state index contributed by atoms with van der Waals surface area (Å²) in [6.07, 6.45) is -0.797. The van der Waals surface area contributed by atoms with Crippen molar-refractivity contribution < 1.29 is 22.4 Å². The third-order valence-electron chi connectivity index (χ3n) is 7.29. The third kappa shape index (κ3) is 4.88. The van der Waals surface area contributed by atoms with Gasteiger partial charge in [0.25, 0.3) is 0 Å². The lowest BCUT2D eigenvalue weighted by Gasteiger charge is -2.44. The van der Waals surface area contributed by atoms with Crippen LogP contribution in [0.5, 0.6) is 0 Å². The van der Waals surface area contributed by atoms with Crippen LogP contribution in [0.4, 0.5) is 23.4 Å². The molecule has 5 rings (SSSR count). The van der Waals surface area contributed by atoms with Gasteiger partial charge in [0.15, 0.2) is 0 Å². The van der Waals surface area contributed by atoms with Crippen molar-refractivity contribution in [1.82, 2.24) is 19.4 Å². The Bertz CT molecular complexity index is 1520. The molecule has 2 aliphatic rings. The van der Waals surface area contributed by atoms with Crippen molar-refractivity contribution in [2.75, 3.05) is 23.7 Å². The van der Waals surface area contributed by atoms with Crippen LogP contribution in [-0.2, 0) is 17.5 Å². The highest BCUT2D eigenvalue weighted by molar-refractivity contribution is 8.36. The first kappa shape index (κ1) is 27.4. The summed E-state index contributed by atoms with van der Waals surface area (Å²) in [6, 6.07) is 2.56. The predicted molar refractivity (Wildman–Crippen MR) is 144 cm³/mol. The van der Waals surface area contributed by atoms with Crippen LogP contribution < -0.4 is 10.6 Å². The summed E-state index contributed by atoms with van der Waals surface area (Å²) in [4.78, 5) is 37.7. The molecule has 7 nitrogen and oxygen atoms in total. The Morgan fingerprint density at radius 2 is 1.90 bits per heavy atom. The van der Waals surface area contributed by atoms with Crippen LogP contribution in [0.3, 0.4) is 0 Å². The lowest BCUT2D eigenvalue weighted by Crippen LogP contribution is -2.58. The van der Waals surface area contributed by atoms with Gasteiger partial charge in [-0.1, -0.05) is 17.3 Å². The number of carbonyl (C=O) groups excluding carboxylic acids is 1. The fourth-order valence-corrected chi connectivity index (χ4v) is 8.16. The molecule has 0 N–H and O–H groups in total. The Kier molecular flexibility index (Phi) is 7.13. The Hall–Kier alpha value is -3.12. The van der Waals surface area contributed by atoms with Crippen molar-refractivity contribution in [3.8, 4) is 0 Å². The maximum atomic E-state index is 14.7. The largest absolute Gasteiger partial charge is 0.416 e. The number of benzene rings is 1. The summed E-state index contributed by atoms with van der Waals surface area (Å²) < 4.78 is 58.2. The average Bonchev–Trinajstić information content (AvgIpc) is 3.02. The highest BCUT2D eigenvalue weighted by atomic mass is 35.7. The van der Waals surface area contributed by atoms with Crippen molar-refractivity contribution in [2.24, 2.45) is 0 Å². The quantitative estimate of drug-likeness (QED) is 0.271.